The molecule has 0 radical (unpaired) electrons. The molecule has 0 aliphatic carbocycles. The topological polar surface area (TPSA) is 72.2 Å². The van der Waals surface area contributed by atoms with Gasteiger partial charge in [0.05, 0.1) is 10.5 Å². The van der Waals surface area contributed by atoms with Crippen LogP contribution in [-0.4, -0.2) is 10.8 Å². The first-order chi connectivity index (χ1) is 9.88. The van der Waals surface area contributed by atoms with Crippen LogP contribution in [0, 0.1) is 10.1 Å². The van der Waals surface area contributed by atoms with Crippen molar-refractivity contribution in [1.82, 2.24) is 0 Å². The highest BCUT2D eigenvalue weighted by molar-refractivity contribution is 9.11. The van der Waals surface area contributed by atoms with Gasteiger partial charge in [-0.1, -0.05) is 27.5 Å². The highest BCUT2D eigenvalue weighted by atomic mass is 79.9. The molecule has 2 rings (SSSR count). The summed E-state index contributed by atoms with van der Waals surface area (Å²) in [4.78, 5) is 22.2. The second-order valence-electron chi connectivity index (χ2n) is 4.00. The highest BCUT2D eigenvalue weighted by Crippen LogP contribution is 2.28. The minimum Gasteiger partial charge on any atom is -0.322 e. The van der Waals surface area contributed by atoms with E-state index in [1.165, 1.54) is 18.2 Å². The minimum atomic E-state index is -0.584. The molecule has 108 valence electrons. The van der Waals surface area contributed by atoms with E-state index in [1.54, 1.807) is 18.2 Å². The number of carbonyl (C=O) groups is 1. The molecule has 0 heterocycles. The standard InChI is InChI=1S/C13H7Br2ClN2O3/c14-7-1-3-9(10(15)5-7)13(19)17-8-2-4-12(18(20)21)11(16)6-8/h1-6H,(H,17,19). The predicted octanol–water partition coefficient (Wildman–Crippen LogP) is 5.03. The van der Waals surface area contributed by atoms with Gasteiger partial charge >= 0.3 is 0 Å². The summed E-state index contributed by atoms with van der Waals surface area (Å²) in [5.41, 5.74) is 0.609. The average molecular weight is 434 g/mol. The molecule has 0 spiro atoms. The van der Waals surface area contributed by atoms with E-state index in [4.69, 9.17) is 11.6 Å². The third-order valence-electron chi connectivity index (χ3n) is 2.58. The number of halogens is 3. The Labute approximate surface area is 141 Å². The van der Waals surface area contributed by atoms with E-state index in [-0.39, 0.29) is 16.6 Å². The third kappa shape index (κ3) is 3.81. The van der Waals surface area contributed by atoms with Gasteiger partial charge in [0.1, 0.15) is 5.02 Å². The molecule has 0 saturated carbocycles. The summed E-state index contributed by atoms with van der Waals surface area (Å²) in [7, 11) is 0. The van der Waals surface area contributed by atoms with E-state index < -0.39 is 4.92 Å². The van der Waals surface area contributed by atoms with Crippen LogP contribution in [0.25, 0.3) is 0 Å². The summed E-state index contributed by atoms with van der Waals surface area (Å²) in [5.74, 6) is -0.348. The normalized spacial score (nSPS) is 10.2. The van der Waals surface area contributed by atoms with Crippen molar-refractivity contribution in [2.24, 2.45) is 0 Å². The van der Waals surface area contributed by atoms with Crippen molar-refractivity contribution < 1.29 is 9.72 Å². The van der Waals surface area contributed by atoms with Gasteiger partial charge in [-0.2, -0.15) is 0 Å². The molecular weight excluding hydrogens is 427 g/mol. The highest BCUT2D eigenvalue weighted by Gasteiger charge is 2.15. The third-order valence-corrected chi connectivity index (χ3v) is 4.03. The van der Waals surface area contributed by atoms with E-state index in [0.717, 1.165) is 4.47 Å². The fourth-order valence-corrected chi connectivity index (χ4v) is 3.08. The molecule has 1 N–H and O–H groups in total. The van der Waals surface area contributed by atoms with Crippen LogP contribution in [0.4, 0.5) is 11.4 Å². The van der Waals surface area contributed by atoms with Crippen LogP contribution >= 0.6 is 43.5 Å². The molecule has 1 amide bonds. The van der Waals surface area contributed by atoms with Crippen LogP contribution in [0.2, 0.25) is 5.02 Å². The second kappa shape index (κ2) is 6.55. The number of rotatable bonds is 3. The van der Waals surface area contributed by atoms with Gasteiger partial charge in [-0.25, -0.2) is 0 Å². The van der Waals surface area contributed by atoms with Crippen LogP contribution in [-0.2, 0) is 0 Å². The zero-order chi connectivity index (χ0) is 15.6. The van der Waals surface area contributed by atoms with Crippen molar-refractivity contribution >= 4 is 60.7 Å². The first-order valence-corrected chi connectivity index (χ1v) is 7.55. The molecule has 0 aromatic heterocycles. The molecule has 0 fully saturated rings. The van der Waals surface area contributed by atoms with Gasteiger partial charge in [0.15, 0.2) is 0 Å². The molecule has 2 aromatic rings. The van der Waals surface area contributed by atoms with Gasteiger partial charge < -0.3 is 5.32 Å². The number of nitrogens with zero attached hydrogens (tertiary/aromatic N) is 1. The number of benzene rings is 2. The molecular formula is C13H7Br2ClN2O3. The summed E-state index contributed by atoms with van der Waals surface area (Å²) in [6, 6.07) is 9.14. The Balaban J connectivity index is 2.23. The lowest BCUT2D eigenvalue weighted by Gasteiger charge is -2.07. The maximum atomic E-state index is 12.1. The zero-order valence-corrected chi connectivity index (χ0v) is 14.2. The summed E-state index contributed by atoms with van der Waals surface area (Å²) < 4.78 is 1.46. The Bertz CT molecular complexity index is 737. The molecule has 8 heteroatoms. The van der Waals surface area contributed by atoms with Gasteiger partial charge in [0.2, 0.25) is 0 Å². The lowest BCUT2D eigenvalue weighted by Crippen LogP contribution is -2.12. The number of hydrogen-bond acceptors (Lipinski definition) is 3. The van der Waals surface area contributed by atoms with Crippen molar-refractivity contribution in [3.05, 3.63) is 66.0 Å². The largest absolute Gasteiger partial charge is 0.322 e. The Morgan fingerprint density at radius 2 is 1.90 bits per heavy atom. The quantitative estimate of drug-likeness (QED) is 0.544. The van der Waals surface area contributed by atoms with Crippen LogP contribution in [0.5, 0.6) is 0 Å². The number of anilines is 1. The molecule has 0 atom stereocenters. The Hall–Kier alpha value is -1.44. The zero-order valence-electron chi connectivity index (χ0n) is 10.3. The minimum absolute atomic E-state index is 0.0346. The van der Waals surface area contributed by atoms with Gasteiger partial charge in [0, 0.05) is 20.7 Å². The summed E-state index contributed by atoms with van der Waals surface area (Å²) in [6.45, 7) is 0. The van der Waals surface area contributed by atoms with Gasteiger partial charge in [-0.05, 0) is 46.3 Å². The maximum Gasteiger partial charge on any atom is 0.288 e. The molecule has 0 unspecified atom stereocenters. The van der Waals surface area contributed by atoms with Crippen LogP contribution in [0.1, 0.15) is 10.4 Å². The average Bonchev–Trinajstić information content (AvgIpc) is 2.37. The first-order valence-electron chi connectivity index (χ1n) is 5.59. The smallest absolute Gasteiger partial charge is 0.288 e. The van der Waals surface area contributed by atoms with Crippen molar-refractivity contribution in [2.75, 3.05) is 5.32 Å². The second-order valence-corrected chi connectivity index (χ2v) is 6.18. The maximum absolute atomic E-state index is 12.1. The Morgan fingerprint density at radius 1 is 1.19 bits per heavy atom. The van der Waals surface area contributed by atoms with E-state index >= 15 is 0 Å². The summed E-state index contributed by atoms with van der Waals surface area (Å²) in [6.07, 6.45) is 0. The van der Waals surface area contributed by atoms with Crippen molar-refractivity contribution in [3.63, 3.8) is 0 Å². The number of carbonyl (C=O) groups excluding carboxylic acids is 1. The van der Waals surface area contributed by atoms with E-state index in [9.17, 15) is 14.9 Å². The number of nitro groups is 1. The molecule has 0 saturated heterocycles. The lowest BCUT2D eigenvalue weighted by molar-refractivity contribution is -0.384. The van der Waals surface area contributed by atoms with Crippen LogP contribution < -0.4 is 5.32 Å². The first kappa shape index (κ1) is 15.9. The number of amides is 1. The number of hydrogen-bond donors (Lipinski definition) is 1. The van der Waals surface area contributed by atoms with Gasteiger partial charge in [0.25, 0.3) is 11.6 Å². The molecule has 2 aromatic carbocycles. The monoisotopic (exact) mass is 432 g/mol. The molecule has 0 aliphatic rings. The van der Waals surface area contributed by atoms with Crippen molar-refractivity contribution in [3.8, 4) is 0 Å². The SMILES string of the molecule is O=C(Nc1ccc([N+](=O)[O-])c(Cl)c1)c1ccc(Br)cc1Br. The predicted molar refractivity (Wildman–Crippen MR) is 87.9 cm³/mol. The summed E-state index contributed by atoms with van der Waals surface area (Å²) in [5, 5.41) is 13.3. The molecule has 21 heavy (non-hydrogen) atoms. The van der Waals surface area contributed by atoms with Crippen LogP contribution in [0.15, 0.2) is 45.3 Å². The van der Waals surface area contributed by atoms with Crippen molar-refractivity contribution in [1.29, 1.82) is 0 Å². The van der Waals surface area contributed by atoms with Crippen LogP contribution in [0.3, 0.4) is 0 Å². The van der Waals surface area contributed by atoms with Gasteiger partial charge in [-0.15, -0.1) is 0 Å². The fraction of sp³-hybridized carbons (Fsp3) is 0. The summed E-state index contributed by atoms with van der Waals surface area (Å²) >= 11 is 12.4. The molecule has 0 bridgehead atoms. The number of nitro benzene ring substituents is 1. The van der Waals surface area contributed by atoms with E-state index in [2.05, 4.69) is 37.2 Å². The van der Waals surface area contributed by atoms with E-state index in [1.807, 2.05) is 0 Å². The molecule has 0 aliphatic heterocycles. The molecule has 5 nitrogen and oxygen atoms in total. The van der Waals surface area contributed by atoms with Gasteiger partial charge in [-0.3, -0.25) is 14.9 Å². The Kier molecular flexibility index (Phi) is 4.97. The number of nitrogens with one attached hydrogen (secondary N) is 1. The Morgan fingerprint density at radius 3 is 2.48 bits per heavy atom. The fourth-order valence-electron chi connectivity index (χ4n) is 1.60. The van der Waals surface area contributed by atoms with Crippen molar-refractivity contribution in [2.45, 2.75) is 0 Å². The lowest BCUT2D eigenvalue weighted by atomic mass is 10.2. The van der Waals surface area contributed by atoms with E-state index in [0.29, 0.717) is 15.7 Å².